The second-order valence-corrected chi connectivity index (χ2v) is 8.48. The Hall–Kier alpha value is -4.18. The van der Waals surface area contributed by atoms with E-state index in [-0.39, 0.29) is 5.56 Å². The van der Waals surface area contributed by atoms with E-state index in [1.807, 2.05) is 17.3 Å². The van der Waals surface area contributed by atoms with Crippen molar-refractivity contribution >= 4 is 33.7 Å². The molecule has 0 aliphatic carbocycles. The van der Waals surface area contributed by atoms with Gasteiger partial charge in [0, 0.05) is 19.2 Å². The van der Waals surface area contributed by atoms with Gasteiger partial charge in [-0.1, -0.05) is 91.0 Å². The molecule has 0 aliphatic rings. The summed E-state index contributed by atoms with van der Waals surface area (Å²) in [5.74, 6) is 0.753. The Morgan fingerprint density at radius 2 is 1.29 bits per heavy atom. The highest BCUT2D eigenvalue weighted by molar-refractivity contribution is 5.84. The number of aromatic nitrogens is 1. The average Bonchev–Trinajstić information content (AvgIpc) is 2.88. The van der Waals surface area contributed by atoms with Crippen LogP contribution in [0.5, 0.6) is 0 Å². The molecule has 0 fully saturated rings. The van der Waals surface area contributed by atoms with Crippen LogP contribution in [0.15, 0.2) is 113 Å². The number of anilines is 1. The molecule has 0 saturated carbocycles. The van der Waals surface area contributed by atoms with Gasteiger partial charge >= 0.3 is 0 Å². The van der Waals surface area contributed by atoms with E-state index in [0.29, 0.717) is 6.54 Å². The van der Waals surface area contributed by atoms with Crippen molar-refractivity contribution < 1.29 is 0 Å². The number of H-pyrrole nitrogens is 1. The highest BCUT2D eigenvalue weighted by Crippen LogP contribution is 2.18. The molecule has 0 spiro atoms. The zero-order chi connectivity index (χ0) is 23.2. The molecule has 1 heterocycles. The van der Waals surface area contributed by atoms with Crippen LogP contribution in [-0.2, 0) is 12.8 Å². The summed E-state index contributed by atoms with van der Waals surface area (Å²) in [5.41, 5.74) is 2.41. The normalized spacial score (nSPS) is 11.4. The summed E-state index contributed by atoms with van der Waals surface area (Å²) in [6.07, 6.45) is 3.57. The van der Waals surface area contributed by atoms with E-state index in [1.54, 1.807) is 6.07 Å². The predicted octanol–water partition coefficient (Wildman–Crippen LogP) is 6.00. The SMILES string of the molecule is O=c1cccc(N(C=NCCc2ccc3ccccc3c2)CCc2ccc3ccccc3c2)[nH]1. The third kappa shape index (κ3) is 5.24. The van der Waals surface area contributed by atoms with Gasteiger partial charge < -0.3 is 9.88 Å². The van der Waals surface area contributed by atoms with Crippen LogP contribution in [0.4, 0.5) is 5.82 Å². The number of pyridine rings is 1. The van der Waals surface area contributed by atoms with Gasteiger partial charge in [-0.3, -0.25) is 9.79 Å². The van der Waals surface area contributed by atoms with E-state index < -0.39 is 0 Å². The molecule has 168 valence electrons. The molecule has 5 aromatic rings. The van der Waals surface area contributed by atoms with Crippen LogP contribution >= 0.6 is 0 Å². The Labute approximate surface area is 199 Å². The molecule has 0 atom stereocenters. The highest BCUT2D eigenvalue weighted by atomic mass is 16.1. The third-order valence-corrected chi connectivity index (χ3v) is 6.08. The van der Waals surface area contributed by atoms with Gasteiger partial charge in [0.2, 0.25) is 5.56 Å². The van der Waals surface area contributed by atoms with Crippen molar-refractivity contribution in [1.29, 1.82) is 0 Å². The van der Waals surface area contributed by atoms with Crippen molar-refractivity contribution in [3.8, 4) is 0 Å². The van der Waals surface area contributed by atoms with Gasteiger partial charge in [-0.25, -0.2) is 0 Å². The summed E-state index contributed by atoms with van der Waals surface area (Å²) >= 11 is 0. The van der Waals surface area contributed by atoms with E-state index in [4.69, 9.17) is 4.99 Å². The Morgan fingerprint density at radius 3 is 1.94 bits per heavy atom. The number of fused-ring (bicyclic) bond motifs is 2. The first-order chi connectivity index (χ1) is 16.7. The van der Waals surface area contributed by atoms with E-state index in [9.17, 15) is 4.79 Å². The summed E-state index contributed by atoms with van der Waals surface area (Å²) < 4.78 is 0. The summed E-state index contributed by atoms with van der Waals surface area (Å²) in [6, 6.07) is 35.2. The minimum atomic E-state index is -0.113. The molecule has 1 aromatic heterocycles. The number of hydrogen-bond acceptors (Lipinski definition) is 2. The molecule has 0 bridgehead atoms. The first-order valence-electron chi connectivity index (χ1n) is 11.7. The number of benzene rings is 4. The zero-order valence-electron chi connectivity index (χ0n) is 19.0. The Balaban J connectivity index is 1.28. The maximum Gasteiger partial charge on any atom is 0.249 e. The molecule has 0 aliphatic heterocycles. The number of nitrogens with zero attached hydrogens (tertiary/aromatic N) is 2. The quantitative estimate of drug-likeness (QED) is 0.235. The van der Waals surface area contributed by atoms with E-state index in [2.05, 4.69) is 89.9 Å². The minimum Gasteiger partial charge on any atom is -0.319 e. The monoisotopic (exact) mass is 445 g/mol. The fraction of sp³-hybridized carbons (Fsp3) is 0.133. The molecule has 0 radical (unpaired) electrons. The van der Waals surface area contributed by atoms with Crippen molar-refractivity contribution in [1.82, 2.24) is 4.98 Å². The minimum absolute atomic E-state index is 0.113. The average molecular weight is 446 g/mol. The van der Waals surface area contributed by atoms with Gasteiger partial charge in [0.05, 0.1) is 6.34 Å². The molecule has 5 rings (SSSR count). The van der Waals surface area contributed by atoms with Crippen LogP contribution in [0.1, 0.15) is 11.1 Å². The first kappa shape index (κ1) is 21.7. The van der Waals surface area contributed by atoms with Gasteiger partial charge in [0.25, 0.3) is 0 Å². The number of aromatic amines is 1. The fourth-order valence-corrected chi connectivity index (χ4v) is 4.23. The second-order valence-electron chi connectivity index (χ2n) is 8.48. The smallest absolute Gasteiger partial charge is 0.249 e. The third-order valence-electron chi connectivity index (χ3n) is 6.08. The Morgan fingerprint density at radius 1 is 0.676 bits per heavy atom. The maximum absolute atomic E-state index is 11.9. The maximum atomic E-state index is 11.9. The van der Waals surface area contributed by atoms with Crippen LogP contribution in [0.25, 0.3) is 21.5 Å². The second kappa shape index (κ2) is 10.2. The molecule has 34 heavy (non-hydrogen) atoms. The number of hydrogen-bond donors (Lipinski definition) is 1. The Bertz CT molecular complexity index is 1500. The fourth-order valence-electron chi connectivity index (χ4n) is 4.23. The van der Waals surface area contributed by atoms with Crippen LogP contribution in [0, 0.1) is 0 Å². The zero-order valence-corrected chi connectivity index (χ0v) is 19.0. The van der Waals surface area contributed by atoms with Gasteiger partial charge in [0.15, 0.2) is 0 Å². The summed E-state index contributed by atoms with van der Waals surface area (Å²) in [6.45, 7) is 1.40. The van der Waals surface area contributed by atoms with Crippen LogP contribution in [0.2, 0.25) is 0 Å². The lowest BCUT2D eigenvalue weighted by molar-refractivity contribution is 0.908. The summed E-state index contributed by atoms with van der Waals surface area (Å²) in [7, 11) is 0. The lowest BCUT2D eigenvalue weighted by Gasteiger charge is -2.19. The molecule has 0 unspecified atom stereocenters. The van der Waals surface area contributed by atoms with Crippen molar-refractivity contribution in [2.24, 2.45) is 4.99 Å². The molecule has 4 aromatic carbocycles. The molecule has 0 amide bonds. The van der Waals surface area contributed by atoms with Crippen LogP contribution in [-0.4, -0.2) is 24.4 Å². The van der Waals surface area contributed by atoms with Crippen molar-refractivity contribution in [3.05, 3.63) is 125 Å². The summed E-state index contributed by atoms with van der Waals surface area (Å²) in [4.78, 5) is 21.6. The molecule has 4 heteroatoms. The molecule has 1 N–H and O–H groups in total. The lowest BCUT2D eigenvalue weighted by Crippen LogP contribution is -2.27. The number of aliphatic imine (C=N–C) groups is 1. The standard InChI is InChI=1S/C30H27N3O/c34-30-11-5-10-29(32-30)33(19-17-24-13-15-26-7-2-4-9-28(26)21-24)22-31-18-16-23-12-14-25-6-1-3-8-27(25)20-23/h1-15,20-22H,16-19H2,(H,32,34). The van der Waals surface area contributed by atoms with Crippen molar-refractivity contribution in [2.45, 2.75) is 12.8 Å². The molecular weight excluding hydrogens is 418 g/mol. The number of rotatable bonds is 8. The Kier molecular flexibility index (Phi) is 6.48. The van der Waals surface area contributed by atoms with Crippen molar-refractivity contribution in [3.63, 3.8) is 0 Å². The molecule has 0 saturated heterocycles. The van der Waals surface area contributed by atoms with E-state index in [0.717, 1.165) is 25.2 Å². The predicted molar refractivity (Wildman–Crippen MR) is 143 cm³/mol. The summed E-state index contributed by atoms with van der Waals surface area (Å²) in [5, 5.41) is 4.99. The topological polar surface area (TPSA) is 48.5 Å². The van der Waals surface area contributed by atoms with E-state index in [1.165, 1.54) is 38.7 Å². The van der Waals surface area contributed by atoms with Gasteiger partial charge in [-0.05, 0) is 51.6 Å². The molecule has 4 nitrogen and oxygen atoms in total. The van der Waals surface area contributed by atoms with E-state index >= 15 is 0 Å². The van der Waals surface area contributed by atoms with Gasteiger partial charge in [-0.15, -0.1) is 0 Å². The largest absolute Gasteiger partial charge is 0.319 e. The molecular formula is C30H27N3O. The lowest BCUT2D eigenvalue weighted by atomic mass is 10.1. The van der Waals surface area contributed by atoms with Crippen LogP contribution in [0.3, 0.4) is 0 Å². The van der Waals surface area contributed by atoms with Crippen molar-refractivity contribution in [2.75, 3.05) is 18.0 Å². The van der Waals surface area contributed by atoms with Gasteiger partial charge in [0.1, 0.15) is 5.82 Å². The number of nitrogens with one attached hydrogen (secondary N) is 1. The van der Waals surface area contributed by atoms with Crippen LogP contribution < -0.4 is 10.5 Å². The highest BCUT2D eigenvalue weighted by Gasteiger charge is 2.06. The van der Waals surface area contributed by atoms with Gasteiger partial charge in [-0.2, -0.15) is 0 Å². The first-order valence-corrected chi connectivity index (χ1v) is 11.7.